The minimum atomic E-state index is -4.18. The van der Waals surface area contributed by atoms with Gasteiger partial charge in [-0.2, -0.15) is 8.78 Å². The van der Waals surface area contributed by atoms with Crippen LogP contribution in [-0.4, -0.2) is 62.2 Å². The van der Waals surface area contributed by atoms with Crippen molar-refractivity contribution in [3.63, 3.8) is 0 Å². The Kier molecular flexibility index (Phi) is 5.45. The first-order valence-electron chi connectivity index (χ1n) is 6.98. The Morgan fingerprint density at radius 1 is 1.33 bits per heavy atom. The van der Waals surface area contributed by atoms with Crippen molar-refractivity contribution in [3.05, 3.63) is 0 Å². The Balaban J connectivity index is 1.76. The molecule has 2 heterocycles. The number of aliphatic hydroxyl groups is 1. The van der Waals surface area contributed by atoms with Crippen molar-refractivity contribution in [1.82, 2.24) is 0 Å². The van der Waals surface area contributed by atoms with Crippen molar-refractivity contribution in [2.24, 2.45) is 5.92 Å². The fraction of sp³-hybridized carbons (Fsp3) is 1.00. The first-order chi connectivity index (χ1) is 9.85. The highest BCUT2D eigenvalue weighted by Gasteiger charge is 2.44. The summed E-state index contributed by atoms with van der Waals surface area (Å²) in [5.41, 5.74) is -0.406. The minimum Gasteiger partial charge on any atom is -0.390 e. The molecule has 0 bridgehead atoms. The number of hydrogen-bond donors (Lipinski definition) is 1. The van der Waals surface area contributed by atoms with Crippen molar-refractivity contribution in [1.29, 1.82) is 0 Å². The number of ether oxygens (including phenoxy) is 3. The first-order valence-corrected chi connectivity index (χ1v) is 6.98. The molecule has 1 spiro atoms. The normalized spacial score (nSPS) is 32.0. The van der Waals surface area contributed by atoms with Gasteiger partial charge >= 0.3 is 12.3 Å². The lowest BCUT2D eigenvalue weighted by Gasteiger charge is -2.38. The zero-order valence-corrected chi connectivity index (χ0v) is 11.6. The van der Waals surface area contributed by atoms with E-state index in [0.717, 1.165) is 6.42 Å². The van der Waals surface area contributed by atoms with Gasteiger partial charge in [0.1, 0.15) is 6.61 Å². The molecule has 0 aromatic heterocycles. The van der Waals surface area contributed by atoms with E-state index >= 15 is 0 Å². The lowest BCUT2D eigenvalue weighted by Crippen LogP contribution is -2.44. The summed E-state index contributed by atoms with van der Waals surface area (Å²) < 4.78 is 64.9. The fourth-order valence-electron chi connectivity index (χ4n) is 2.77. The highest BCUT2D eigenvalue weighted by molar-refractivity contribution is 4.92. The van der Waals surface area contributed by atoms with E-state index in [1.807, 2.05) is 0 Å². The van der Waals surface area contributed by atoms with Crippen molar-refractivity contribution in [3.8, 4) is 0 Å². The third-order valence-corrected chi connectivity index (χ3v) is 4.04. The molecule has 2 saturated heterocycles. The molecule has 124 valence electrons. The van der Waals surface area contributed by atoms with Gasteiger partial charge in [0.05, 0.1) is 24.9 Å². The van der Waals surface area contributed by atoms with E-state index in [1.165, 1.54) is 0 Å². The molecule has 4 nitrogen and oxygen atoms in total. The van der Waals surface area contributed by atoms with Crippen LogP contribution in [0.1, 0.15) is 19.3 Å². The Labute approximate surface area is 120 Å². The molecule has 3 unspecified atom stereocenters. The monoisotopic (exact) mass is 316 g/mol. The summed E-state index contributed by atoms with van der Waals surface area (Å²) in [5, 5.41) is 10.00. The van der Waals surface area contributed by atoms with Crippen LogP contribution in [0.3, 0.4) is 0 Å². The van der Waals surface area contributed by atoms with Crippen molar-refractivity contribution in [2.75, 3.05) is 33.0 Å². The van der Waals surface area contributed by atoms with Gasteiger partial charge in [0.15, 0.2) is 0 Å². The second-order valence-corrected chi connectivity index (χ2v) is 5.73. The van der Waals surface area contributed by atoms with Crippen LogP contribution in [0.25, 0.3) is 0 Å². The van der Waals surface area contributed by atoms with Crippen LogP contribution in [0.4, 0.5) is 17.6 Å². The van der Waals surface area contributed by atoms with Crippen LogP contribution in [-0.2, 0) is 14.2 Å². The van der Waals surface area contributed by atoms with Crippen LogP contribution >= 0.6 is 0 Å². The van der Waals surface area contributed by atoms with Gasteiger partial charge in [-0.15, -0.1) is 0 Å². The smallest absolute Gasteiger partial charge is 0.330 e. The van der Waals surface area contributed by atoms with E-state index in [9.17, 15) is 22.7 Å². The molecule has 0 saturated carbocycles. The topological polar surface area (TPSA) is 47.9 Å². The second-order valence-electron chi connectivity index (χ2n) is 5.73. The maximum Gasteiger partial charge on any atom is 0.330 e. The SMILES string of the molecule is OC(COCC(F)(F)C(F)F)C1CCOC2(CCOC2)C1. The van der Waals surface area contributed by atoms with Crippen molar-refractivity contribution >= 4 is 0 Å². The average molecular weight is 316 g/mol. The summed E-state index contributed by atoms with van der Waals surface area (Å²) >= 11 is 0. The highest BCUT2D eigenvalue weighted by atomic mass is 19.3. The number of alkyl halides is 4. The molecule has 8 heteroatoms. The second kappa shape index (κ2) is 6.76. The molecule has 3 atom stereocenters. The third-order valence-electron chi connectivity index (χ3n) is 4.04. The molecule has 2 aliphatic rings. The van der Waals surface area contributed by atoms with E-state index in [2.05, 4.69) is 4.74 Å². The Bertz CT molecular complexity index is 334. The predicted octanol–water partition coefficient (Wildman–Crippen LogP) is 1.85. The standard InChI is InChI=1S/C13H20F4O4/c14-11(15)13(16,17)8-20-6-10(18)9-1-3-21-12(5-9)2-4-19-7-12/h9-11,18H,1-8H2. The summed E-state index contributed by atoms with van der Waals surface area (Å²) in [6.45, 7) is -0.262. The molecule has 2 rings (SSSR count). The Morgan fingerprint density at radius 2 is 2.10 bits per heavy atom. The molecule has 0 aromatic rings. The predicted molar refractivity (Wildman–Crippen MR) is 64.6 cm³/mol. The van der Waals surface area contributed by atoms with Gasteiger partial charge in [-0.25, -0.2) is 8.78 Å². The van der Waals surface area contributed by atoms with Gasteiger partial charge in [0.2, 0.25) is 0 Å². The number of rotatable bonds is 6. The molecule has 2 aliphatic heterocycles. The van der Waals surface area contributed by atoms with E-state index < -0.39 is 30.7 Å². The van der Waals surface area contributed by atoms with E-state index in [1.54, 1.807) is 0 Å². The van der Waals surface area contributed by atoms with Crippen molar-refractivity contribution < 1.29 is 36.9 Å². The zero-order chi connectivity index (χ0) is 15.5. The Morgan fingerprint density at radius 3 is 2.71 bits per heavy atom. The summed E-state index contributed by atoms with van der Waals surface area (Å²) in [7, 11) is 0. The summed E-state index contributed by atoms with van der Waals surface area (Å²) in [6.07, 6.45) is -2.86. The number of halogens is 4. The molecule has 21 heavy (non-hydrogen) atoms. The molecule has 0 amide bonds. The van der Waals surface area contributed by atoms with Gasteiger partial charge in [-0.05, 0) is 18.8 Å². The highest BCUT2D eigenvalue weighted by Crippen LogP contribution is 2.37. The van der Waals surface area contributed by atoms with E-state index in [4.69, 9.17) is 9.47 Å². The molecule has 2 fully saturated rings. The van der Waals surface area contributed by atoms with Crippen LogP contribution in [0, 0.1) is 5.92 Å². The van der Waals surface area contributed by atoms with E-state index in [-0.39, 0.29) is 12.5 Å². The fourth-order valence-corrected chi connectivity index (χ4v) is 2.77. The minimum absolute atomic E-state index is 0.166. The van der Waals surface area contributed by atoms with Crippen LogP contribution in [0.2, 0.25) is 0 Å². The summed E-state index contributed by atoms with van der Waals surface area (Å²) in [6, 6.07) is 0. The van der Waals surface area contributed by atoms with Gasteiger partial charge < -0.3 is 19.3 Å². The molecule has 0 radical (unpaired) electrons. The van der Waals surface area contributed by atoms with Gasteiger partial charge in [-0.3, -0.25) is 0 Å². The largest absolute Gasteiger partial charge is 0.390 e. The van der Waals surface area contributed by atoms with E-state index in [0.29, 0.717) is 32.7 Å². The Hall–Kier alpha value is -0.440. The number of hydrogen-bond acceptors (Lipinski definition) is 4. The molecular formula is C13H20F4O4. The van der Waals surface area contributed by atoms with Gasteiger partial charge in [0.25, 0.3) is 0 Å². The summed E-state index contributed by atoms with van der Waals surface area (Å²) in [4.78, 5) is 0. The third kappa shape index (κ3) is 4.28. The lowest BCUT2D eigenvalue weighted by atomic mass is 9.82. The molecule has 0 aromatic carbocycles. The summed E-state index contributed by atoms with van der Waals surface area (Å²) in [5.74, 6) is -4.35. The van der Waals surface area contributed by atoms with Crippen LogP contribution in [0.5, 0.6) is 0 Å². The maximum atomic E-state index is 12.7. The lowest BCUT2D eigenvalue weighted by molar-refractivity contribution is -0.176. The van der Waals surface area contributed by atoms with Gasteiger partial charge in [-0.1, -0.05) is 0 Å². The van der Waals surface area contributed by atoms with Crippen molar-refractivity contribution in [2.45, 2.75) is 43.3 Å². The average Bonchev–Trinajstić information content (AvgIpc) is 2.86. The molecule has 0 aliphatic carbocycles. The maximum absolute atomic E-state index is 12.7. The van der Waals surface area contributed by atoms with Crippen LogP contribution in [0.15, 0.2) is 0 Å². The molecule has 1 N–H and O–H groups in total. The van der Waals surface area contributed by atoms with Crippen LogP contribution < -0.4 is 0 Å². The zero-order valence-electron chi connectivity index (χ0n) is 11.6. The first kappa shape index (κ1) is 16.9. The number of aliphatic hydroxyl groups excluding tert-OH is 1. The van der Waals surface area contributed by atoms with Gasteiger partial charge in [0, 0.05) is 19.6 Å². The molecular weight excluding hydrogens is 296 g/mol. The quantitative estimate of drug-likeness (QED) is 0.760.